The number of nitrogen functional groups attached to an aromatic ring is 1. The van der Waals surface area contributed by atoms with Crippen molar-refractivity contribution in [1.82, 2.24) is 15.0 Å². The fourth-order valence-corrected chi connectivity index (χ4v) is 1.75. The molecule has 0 saturated carbocycles. The lowest BCUT2D eigenvalue weighted by molar-refractivity contribution is 0.899. The van der Waals surface area contributed by atoms with Gasteiger partial charge in [-0.05, 0) is 18.6 Å². The van der Waals surface area contributed by atoms with Gasteiger partial charge in [0.05, 0.1) is 12.2 Å². The number of rotatable bonds is 5. The number of aromatic nitrogens is 3. The molecule has 0 aromatic carbocycles. The summed E-state index contributed by atoms with van der Waals surface area (Å²) in [6.45, 7) is 2.74. The zero-order valence-electron chi connectivity index (χ0n) is 10.4. The van der Waals surface area contributed by atoms with Crippen LogP contribution in [0, 0.1) is 0 Å². The van der Waals surface area contributed by atoms with Crippen LogP contribution in [0.4, 0.5) is 11.6 Å². The first-order chi connectivity index (χ1) is 8.81. The summed E-state index contributed by atoms with van der Waals surface area (Å²) in [4.78, 5) is 12.5. The highest BCUT2D eigenvalue weighted by molar-refractivity contribution is 5.55. The third-order valence-corrected chi connectivity index (χ3v) is 2.64. The van der Waals surface area contributed by atoms with Gasteiger partial charge in [-0.25, -0.2) is 9.97 Å². The number of nitrogens with one attached hydrogen (secondary N) is 1. The van der Waals surface area contributed by atoms with Crippen molar-refractivity contribution in [2.45, 2.75) is 26.3 Å². The minimum atomic E-state index is 0.551. The summed E-state index contributed by atoms with van der Waals surface area (Å²) >= 11 is 0. The van der Waals surface area contributed by atoms with Crippen molar-refractivity contribution in [3.8, 4) is 0 Å². The van der Waals surface area contributed by atoms with Crippen LogP contribution in [-0.2, 0) is 13.0 Å². The van der Waals surface area contributed by atoms with E-state index in [0.717, 1.165) is 29.9 Å². The largest absolute Gasteiger partial charge is 0.383 e. The molecule has 0 saturated heterocycles. The summed E-state index contributed by atoms with van der Waals surface area (Å²) in [6.07, 6.45) is 5.14. The molecule has 2 aromatic rings. The third-order valence-electron chi connectivity index (χ3n) is 2.64. The average Bonchev–Trinajstić information content (AvgIpc) is 2.41. The molecule has 18 heavy (non-hydrogen) atoms. The second-order valence-electron chi connectivity index (χ2n) is 4.01. The number of nitrogens with zero attached hydrogens (tertiary/aromatic N) is 3. The Kier molecular flexibility index (Phi) is 4.06. The van der Waals surface area contributed by atoms with Gasteiger partial charge in [-0.2, -0.15) is 0 Å². The highest BCUT2D eigenvalue weighted by atomic mass is 15.0. The SMILES string of the molecule is CCCc1c(N)ncnc1NCc1ccccn1. The smallest absolute Gasteiger partial charge is 0.135 e. The fraction of sp³-hybridized carbons (Fsp3) is 0.308. The van der Waals surface area contributed by atoms with Crippen LogP contribution in [0.3, 0.4) is 0 Å². The molecule has 0 aliphatic carbocycles. The Balaban J connectivity index is 2.11. The van der Waals surface area contributed by atoms with Gasteiger partial charge < -0.3 is 11.1 Å². The summed E-state index contributed by atoms with van der Waals surface area (Å²) in [5, 5.41) is 3.26. The molecule has 0 fully saturated rings. The number of hydrogen-bond donors (Lipinski definition) is 2. The van der Waals surface area contributed by atoms with Crippen LogP contribution in [0.2, 0.25) is 0 Å². The lowest BCUT2D eigenvalue weighted by atomic mass is 10.1. The first kappa shape index (κ1) is 12.3. The molecule has 0 atom stereocenters. The molecule has 2 aromatic heterocycles. The number of hydrogen-bond acceptors (Lipinski definition) is 5. The standard InChI is InChI=1S/C13H17N5/c1-2-5-11-12(14)17-9-18-13(11)16-8-10-6-3-4-7-15-10/h3-4,6-7,9H,2,5,8H2,1H3,(H3,14,16,17,18). The maximum absolute atomic E-state index is 5.87. The summed E-state index contributed by atoms with van der Waals surface area (Å²) in [7, 11) is 0. The highest BCUT2D eigenvalue weighted by Gasteiger charge is 2.07. The molecular formula is C13H17N5. The Hall–Kier alpha value is -2.17. The van der Waals surface area contributed by atoms with E-state index in [-0.39, 0.29) is 0 Å². The van der Waals surface area contributed by atoms with Crippen LogP contribution >= 0.6 is 0 Å². The Morgan fingerprint density at radius 3 is 2.83 bits per heavy atom. The van der Waals surface area contributed by atoms with Gasteiger partial charge in [-0.1, -0.05) is 19.4 Å². The summed E-state index contributed by atoms with van der Waals surface area (Å²) in [6, 6.07) is 5.83. The molecule has 0 amide bonds. The minimum Gasteiger partial charge on any atom is -0.383 e. The second kappa shape index (κ2) is 5.95. The molecule has 2 heterocycles. The van der Waals surface area contributed by atoms with Crippen molar-refractivity contribution in [3.63, 3.8) is 0 Å². The average molecular weight is 243 g/mol. The lowest BCUT2D eigenvalue weighted by Gasteiger charge is -2.11. The van der Waals surface area contributed by atoms with Gasteiger partial charge in [-0.3, -0.25) is 4.98 Å². The summed E-state index contributed by atoms with van der Waals surface area (Å²) in [5.74, 6) is 1.35. The maximum atomic E-state index is 5.87. The van der Waals surface area contributed by atoms with Gasteiger partial charge in [0, 0.05) is 11.8 Å². The predicted molar refractivity (Wildman–Crippen MR) is 72.0 cm³/mol. The van der Waals surface area contributed by atoms with E-state index in [4.69, 9.17) is 5.73 Å². The van der Waals surface area contributed by atoms with Crippen LogP contribution in [0.1, 0.15) is 24.6 Å². The van der Waals surface area contributed by atoms with E-state index in [1.807, 2.05) is 18.2 Å². The van der Waals surface area contributed by atoms with E-state index in [1.165, 1.54) is 6.33 Å². The van der Waals surface area contributed by atoms with Crippen molar-refractivity contribution in [3.05, 3.63) is 42.0 Å². The minimum absolute atomic E-state index is 0.551. The first-order valence-electron chi connectivity index (χ1n) is 6.04. The molecule has 3 N–H and O–H groups in total. The molecular weight excluding hydrogens is 226 g/mol. The molecule has 0 unspecified atom stereocenters. The van der Waals surface area contributed by atoms with Crippen LogP contribution < -0.4 is 11.1 Å². The van der Waals surface area contributed by atoms with Gasteiger partial charge >= 0.3 is 0 Å². The Morgan fingerprint density at radius 2 is 2.11 bits per heavy atom. The van der Waals surface area contributed by atoms with Crippen molar-refractivity contribution in [2.75, 3.05) is 11.1 Å². The normalized spacial score (nSPS) is 10.3. The molecule has 2 rings (SSSR count). The zero-order chi connectivity index (χ0) is 12.8. The lowest BCUT2D eigenvalue weighted by Crippen LogP contribution is -2.09. The van der Waals surface area contributed by atoms with E-state index in [9.17, 15) is 0 Å². The number of anilines is 2. The van der Waals surface area contributed by atoms with Crippen LogP contribution in [-0.4, -0.2) is 15.0 Å². The quantitative estimate of drug-likeness (QED) is 0.840. The highest BCUT2D eigenvalue weighted by Crippen LogP contribution is 2.19. The van der Waals surface area contributed by atoms with E-state index < -0.39 is 0 Å². The number of nitrogens with two attached hydrogens (primary N) is 1. The van der Waals surface area contributed by atoms with E-state index >= 15 is 0 Å². The maximum Gasteiger partial charge on any atom is 0.135 e. The van der Waals surface area contributed by atoms with Gasteiger partial charge in [0.2, 0.25) is 0 Å². The van der Waals surface area contributed by atoms with Crippen molar-refractivity contribution >= 4 is 11.6 Å². The van der Waals surface area contributed by atoms with E-state index in [1.54, 1.807) is 6.20 Å². The Labute approximate surface area is 106 Å². The molecule has 0 spiro atoms. The molecule has 5 nitrogen and oxygen atoms in total. The van der Waals surface area contributed by atoms with Crippen molar-refractivity contribution in [1.29, 1.82) is 0 Å². The Morgan fingerprint density at radius 1 is 1.22 bits per heavy atom. The van der Waals surface area contributed by atoms with E-state index in [0.29, 0.717) is 12.4 Å². The molecule has 94 valence electrons. The number of pyridine rings is 1. The van der Waals surface area contributed by atoms with E-state index in [2.05, 4.69) is 27.2 Å². The van der Waals surface area contributed by atoms with Gasteiger partial charge in [0.1, 0.15) is 18.0 Å². The molecule has 0 radical (unpaired) electrons. The molecule has 0 aliphatic rings. The first-order valence-corrected chi connectivity index (χ1v) is 6.04. The topological polar surface area (TPSA) is 76.7 Å². The fourth-order valence-electron chi connectivity index (χ4n) is 1.75. The Bertz CT molecular complexity index is 498. The van der Waals surface area contributed by atoms with Gasteiger partial charge in [0.25, 0.3) is 0 Å². The third kappa shape index (κ3) is 2.94. The molecule has 0 aliphatic heterocycles. The van der Waals surface area contributed by atoms with Crippen molar-refractivity contribution in [2.24, 2.45) is 0 Å². The molecule has 0 bridgehead atoms. The van der Waals surface area contributed by atoms with Crippen LogP contribution in [0.15, 0.2) is 30.7 Å². The molecule has 5 heteroatoms. The second-order valence-corrected chi connectivity index (χ2v) is 4.01. The van der Waals surface area contributed by atoms with Crippen LogP contribution in [0.25, 0.3) is 0 Å². The predicted octanol–water partition coefficient (Wildman–Crippen LogP) is 2.02. The monoisotopic (exact) mass is 243 g/mol. The van der Waals surface area contributed by atoms with Gasteiger partial charge in [-0.15, -0.1) is 0 Å². The van der Waals surface area contributed by atoms with Gasteiger partial charge in [0.15, 0.2) is 0 Å². The summed E-state index contributed by atoms with van der Waals surface area (Å²) in [5.41, 5.74) is 7.82. The van der Waals surface area contributed by atoms with Crippen LogP contribution in [0.5, 0.6) is 0 Å². The zero-order valence-corrected chi connectivity index (χ0v) is 10.4. The van der Waals surface area contributed by atoms with Crippen molar-refractivity contribution < 1.29 is 0 Å². The summed E-state index contributed by atoms with van der Waals surface area (Å²) < 4.78 is 0.